The molecule has 3 aromatic rings. The van der Waals surface area contributed by atoms with E-state index in [-0.39, 0.29) is 0 Å². The lowest BCUT2D eigenvalue weighted by Gasteiger charge is -2.13. The van der Waals surface area contributed by atoms with Crippen LogP contribution in [0.15, 0.2) is 24.5 Å². The van der Waals surface area contributed by atoms with E-state index in [1.165, 1.54) is 12.8 Å². The first kappa shape index (κ1) is 13.5. The van der Waals surface area contributed by atoms with Gasteiger partial charge in [0.2, 0.25) is 0 Å². The third-order valence-corrected chi connectivity index (χ3v) is 4.32. The van der Waals surface area contributed by atoms with Crippen molar-refractivity contribution >= 4 is 34.3 Å². The third kappa shape index (κ3) is 2.22. The number of hydrogen-bond donors (Lipinski definition) is 1. The van der Waals surface area contributed by atoms with E-state index in [2.05, 4.69) is 19.9 Å². The Kier molecular flexibility index (Phi) is 3.22. The van der Waals surface area contributed by atoms with Crippen LogP contribution in [-0.4, -0.2) is 19.5 Å². The zero-order valence-corrected chi connectivity index (χ0v) is 13.1. The lowest BCUT2D eigenvalue weighted by molar-refractivity contribution is 0.530. The van der Waals surface area contributed by atoms with E-state index < -0.39 is 0 Å². The van der Waals surface area contributed by atoms with Gasteiger partial charge in [-0.15, -0.1) is 0 Å². The minimum atomic E-state index is 0.730. The summed E-state index contributed by atoms with van der Waals surface area (Å²) < 4.78 is 2.21. The van der Waals surface area contributed by atoms with Crippen LogP contribution in [0.2, 0.25) is 5.02 Å². The van der Waals surface area contributed by atoms with Crippen LogP contribution in [0.25, 0.3) is 11.2 Å². The zero-order valence-electron chi connectivity index (χ0n) is 12.3. The summed E-state index contributed by atoms with van der Waals surface area (Å²) >= 11 is 6.01. The smallest absolute Gasteiger partial charge is 0.165 e. The molecule has 0 atom stereocenters. The lowest BCUT2D eigenvalue weighted by atomic mass is 10.2. The minimum Gasteiger partial charge on any atom is -0.338 e. The van der Waals surface area contributed by atoms with Gasteiger partial charge in [-0.25, -0.2) is 15.0 Å². The van der Waals surface area contributed by atoms with Crippen molar-refractivity contribution in [2.24, 2.45) is 0 Å². The number of anilines is 2. The van der Waals surface area contributed by atoms with E-state index in [0.717, 1.165) is 52.0 Å². The summed E-state index contributed by atoms with van der Waals surface area (Å²) in [6.07, 6.45) is 4.98. The fourth-order valence-electron chi connectivity index (χ4n) is 2.95. The van der Waals surface area contributed by atoms with E-state index in [1.54, 1.807) is 6.33 Å². The van der Waals surface area contributed by atoms with Crippen LogP contribution in [0.3, 0.4) is 0 Å². The molecule has 1 aliphatic heterocycles. The summed E-state index contributed by atoms with van der Waals surface area (Å²) in [6, 6.07) is 5.76. The van der Waals surface area contributed by atoms with Crippen LogP contribution in [0.1, 0.15) is 24.2 Å². The maximum absolute atomic E-state index is 6.01. The number of aryl methyl sites for hydroxylation is 3. The largest absolute Gasteiger partial charge is 0.338 e. The van der Waals surface area contributed by atoms with Crippen LogP contribution in [0.4, 0.5) is 11.5 Å². The van der Waals surface area contributed by atoms with E-state index in [1.807, 2.05) is 25.1 Å². The molecule has 0 spiro atoms. The topological polar surface area (TPSA) is 55.6 Å². The van der Waals surface area contributed by atoms with Gasteiger partial charge in [-0.1, -0.05) is 11.6 Å². The van der Waals surface area contributed by atoms with Crippen molar-refractivity contribution in [3.8, 4) is 0 Å². The number of hydrogen-bond acceptors (Lipinski definition) is 4. The number of fused-ring (bicyclic) bond motifs is 3. The van der Waals surface area contributed by atoms with Crippen molar-refractivity contribution in [2.45, 2.75) is 32.7 Å². The molecule has 2 aromatic heterocycles. The first-order chi connectivity index (χ1) is 10.7. The summed E-state index contributed by atoms with van der Waals surface area (Å²) in [7, 11) is 0. The second kappa shape index (κ2) is 5.25. The van der Waals surface area contributed by atoms with Crippen LogP contribution < -0.4 is 5.32 Å². The van der Waals surface area contributed by atoms with Gasteiger partial charge in [-0.05, 0) is 43.5 Å². The van der Waals surface area contributed by atoms with Gasteiger partial charge in [0, 0.05) is 23.7 Å². The molecule has 0 radical (unpaired) electrons. The van der Waals surface area contributed by atoms with Gasteiger partial charge in [-0.2, -0.15) is 0 Å². The molecule has 1 N–H and O–H groups in total. The molecule has 0 saturated heterocycles. The molecular weight excluding hydrogens is 298 g/mol. The van der Waals surface area contributed by atoms with Gasteiger partial charge in [0.15, 0.2) is 17.0 Å². The molecule has 6 heteroatoms. The highest BCUT2D eigenvalue weighted by molar-refractivity contribution is 6.30. The van der Waals surface area contributed by atoms with Gasteiger partial charge in [0.05, 0.1) is 0 Å². The average Bonchev–Trinajstić information content (AvgIpc) is 2.90. The Bertz CT molecular complexity index is 855. The Morgan fingerprint density at radius 2 is 2.14 bits per heavy atom. The Balaban J connectivity index is 1.80. The zero-order chi connectivity index (χ0) is 15.1. The molecule has 0 bridgehead atoms. The van der Waals surface area contributed by atoms with Crippen molar-refractivity contribution in [3.05, 3.63) is 40.9 Å². The second-order valence-electron chi connectivity index (χ2n) is 5.62. The Hall–Kier alpha value is -2.14. The van der Waals surface area contributed by atoms with Crippen LogP contribution in [0, 0.1) is 6.92 Å². The minimum absolute atomic E-state index is 0.730. The first-order valence-electron chi connectivity index (χ1n) is 7.45. The number of rotatable bonds is 2. The highest BCUT2D eigenvalue weighted by atomic mass is 35.5. The highest BCUT2D eigenvalue weighted by Crippen LogP contribution is 2.28. The molecule has 112 valence electrons. The number of nitrogens with one attached hydrogen (secondary N) is 1. The first-order valence-corrected chi connectivity index (χ1v) is 7.83. The molecule has 0 saturated carbocycles. The molecule has 1 aromatic carbocycles. The highest BCUT2D eigenvalue weighted by Gasteiger charge is 2.18. The van der Waals surface area contributed by atoms with Crippen molar-refractivity contribution in [1.29, 1.82) is 0 Å². The Morgan fingerprint density at radius 1 is 1.23 bits per heavy atom. The SMILES string of the molecule is Cc1cc(Cl)ccc1Nc1ncnc2c1nc1n2CCCC1. The number of halogens is 1. The van der Waals surface area contributed by atoms with Gasteiger partial charge in [0.25, 0.3) is 0 Å². The molecule has 0 fully saturated rings. The van der Waals surface area contributed by atoms with E-state index >= 15 is 0 Å². The summed E-state index contributed by atoms with van der Waals surface area (Å²) in [4.78, 5) is 13.5. The van der Waals surface area contributed by atoms with Gasteiger partial charge < -0.3 is 9.88 Å². The molecule has 5 nitrogen and oxygen atoms in total. The summed E-state index contributed by atoms with van der Waals surface area (Å²) in [5, 5.41) is 4.10. The normalized spacial score (nSPS) is 14.1. The van der Waals surface area contributed by atoms with Crippen LogP contribution >= 0.6 is 11.6 Å². The molecule has 0 unspecified atom stereocenters. The van der Waals surface area contributed by atoms with Gasteiger partial charge in [0.1, 0.15) is 12.2 Å². The number of aromatic nitrogens is 4. The number of benzene rings is 1. The lowest BCUT2D eigenvalue weighted by Crippen LogP contribution is -2.10. The van der Waals surface area contributed by atoms with Gasteiger partial charge in [-0.3, -0.25) is 0 Å². The standard InChI is InChI=1S/C16H16ClN5/c1-10-8-11(17)5-6-12(10)20-15-14-16(19-9-18-15)22-7-3-2-4-13(22)21-14/h5-6,8-9H,2-4,7H2,1H3,(H,18,19,20). The molecule has 0 amide bonds. The van der Waals surface area contributed by atoms with E-state index in [9.17, 15) is 0 Å². The van der Waals surface area contributed by atoms with Crippen molar-refractivity contribution in [1.82, 2.24) is 19.5 Å². The fraction of sp³-hybridized carbons (Fsp3) is 0.312. The van der Waals surface area contributed by atoms with E-state index in [4.69, 9.17) is 16.6 Å². The number of nitrogens with zero attached hydrogens (tertiary/aromatic N) is 4. The fourth-order valence-corrected chi connectivity index (χ4v) is 3.17. The monoisotopic (exact) mass is 313 g/mol. The van der Waals surface area contributed by atoms with Crippen molar-refractivity contribution in [2.75, 3.05) is 5.32 Å². The molecular formula is C16H16ClN5. The molecule has 1 aliphatic rings. The molecule has 22 heavy (non-hydrogen) atoms. The van der Waals surface area contributed by atoms with Gasteiger partial charge >= 0.3 is 0 Å². The van der Waals surface area contributed by atoms with Crippen LogP contribution in [0.5, 0.6) is 0 Å². The summed E-state index contributed by atoms with van der Waals surface area (Å²) in [5.74, 6) is 1.86. The maximum atomic E-state index is 6.01. The van der Waals surface area contributed by atoms with Crippen molar-refractivity contribution in [3.63, 3.8) is 0 Å². The number of imidazole rings is 1. The second-order valence-corrected chi connectivity index (χ2v) is 6.05. The maximum Gasteiger partial charge on any atom is 0.165 e. The summed E-state index contributed by atoms with van der Waals surface area (Å²) in [5.41, 5.74) is 3.81. The molecule has 0 aliphatic carbocycles. The third-order valence-electron chi connectivity index (χ3n) is 4.08. The van der Waals surface area contributed by atoms with Crippen LogP contribution in [-0.2, 0) is 13.0 Å². The Morgan fingerprint density at radius 3 is 3.00 bits per heavy atom. The Labute approximate surface area is 133 Å². The summed E-state index contributed by atoms with van der Waals surface area (Å²) in [6.45, 7) is 3.01. The predicted molar refractivity (Wildman–Crippen MR) is 87.7 cm³/mol. The molecule has 3 heterocycles. The molecule has 4 rings (SSSR count). The predicted octanol–water partition coefficient (Wildman–Crippen LogP) is 3.87. The quantitative estimate of drug-likeness (QED) is 0.780. The van der Waals surface area contributed by atoms with E-state index in [0.29, 0.717) is 0 Å². The average molecular weight is 314 g/mol. The van der Waals surface area contributed by atoms with Crippen molar-refractivity contribution < 1.29 is 0 Å².